The third-order valence-electron chi connectivity index (χ3n) is 4.65. The molecule has 1 aliphatic rings. The number of aliphatic hydroxyl groups is 1. The van der Waals surface area contributed by atoms with Crippen LogP contribution in [0.25, 0.3) is 0 Å². The number of ether oxygens (including phenoxy) is 1. The molecule has 1 N–H and O–H groups in total. The summed E-state index contributed by atoms with van der Waals surface area (Å²) in [5.74, 6) is 0.688. The molecule has 1 aromatic carbocycles. The van der Waals surface area contributed by atoms with Crippen LogP contribution in [-0.4, -0.2) is 17.2 Å². The molecule has 1 aliphatic carbocycles. The fraction of sp³-hybridized carbons (Fsp3) is 0.389. The van der Waals surface area contributed by atoms with Gasteiger partial charge in [-0.15, -0.1) is 0 Å². The van der Waals surface area contributed by atoms with Crippen molar-refractivity contribution in [3.05, 3.63) is 59.9 Å². The Hall–Kier alpha value is -1.87. The standard InChI is InChI=1S/C18H21NO2/c1-21-16-11-14(12-19-13-16)17(20)18(9-5-6-10-18)15-7-3-2-4-8-15/h2-4,7-8,11-13,17,20H,5-6,9-10H2,1H3. The zero-order chi connectivity index (χ0) is 14.7. The Kier molecular flexibility index (Phi) is 3.93. The van der Waals surface area contributed by atoms with Crippen LogP contribution in [0.4, 0.5) is 0 Å². The average Bonchev–Trinajstić information content (AvgIpc) is 3.06. The molecule has 21 heavy (non-hydrogen) atoms. The van der Waals surface area contributed by atoms with Crippen LogP contribution < -0.4 is 4.74 Å². The second-order valence-electron chi connectivity index (χ2n) is 5.79. The predicted octanol–water partition coefficient (Wildman–Crippen LogP) is 3.64. The molecule has 3 nitrogen and oxygen atoms in total. The Balaban J connectivity index is 2.01. The van der Waals surface area contributed by atoms with Crippen molar-refractivity contribution in [1.29, 1.82) is 0 Å². The normalized spacial score (nSPS) is 18.4. The number of benzene rings is 1. The van der Waals surface area contributed by atoms with Crippen LogP contribution in [0.5, 0.6) is 5.75 Å². The van der Waals surface area contributed by atoms with Crippen LogP contribution in [-0.2, 0) is 5.41 Å². The summed E-state index contributed by atoms with van der Waals surface area (Å²) in [5.41, 5.74) is 1.85. The predicted molar refractivity (Wildman–Crippen MR) is 82.3 cm³/mol. The van der Waals surface area contributed by atoms with Crippen LogP contribution in [0.3, 0.4) is 0 Å². The molecular formula is C18H21NO2. The maximum atomic E-state index is 11.0. The van der Waals surface area contributed by atoms with Gasteiger partial charge in [-0.25, -0.2) is 0 Å². The lowest BCUT2D eigenvalue weighted by Gasteiger charge is -2.35. The van der Waals surface area contributed by atoms with Gasteiger partial charge in [0.1, 0.15) is 5.75 Å². The first-order valence-electron chi connectivity index (χ1n) is 7.49. The van der Waals surface area contributed by atoms with Gasteiger partial charge in [0, 0.05) is 17.2 Å². The topological polar surface area (TPSA) is 42.4 Å². The summed E-state index contributed by atoms with van der Waals surface area (Å²) in [6, 6.07) is 12.3. The van der Waals surface area contributed by atoms with Crippen molar-refractivity contribution in [2.45, 2.75) is 37.2 Å². The molecule has 1 saturated carbocycles. The Bertz CT molecular complexity index is 591. The average molecular weight is 283 g/mol. The van der Waals surface area contributed by atoms with Gasteiger partial charge in [-0.1, -0.05) is 43.2 Å². The Morgan fingerprint density at radius 3 is 2.52 bits per heavy atom. The van der Waals surface area contributed by atoms with E-state index in [0.29, 0.717) is 5.75 Å². The van der Waals surface area contributed by atoms with Gasteiger partial charge in [0.05, 0.1) is 19.4 Å². The number of pyridine rings is 1. The van der Waals surface area contributed by atoms with Crippen molar-refractivity contribution in [1.82, 2.24) is 4.98 Å². The van der Waals surface area contributed by atoms with E-state index in [-0.39, 0.29) is 5.41 Å². The molecule has 0 bridgehead atoms. The molecule has 1 fully saturated rings. The van der Waals surface area contributed by atoms with E-state index in [0.717, 1.165) is 31.2 Å². The van der Waals surface area contributed by atoms with E-state index in [1.54, 1.807) is 19.5 Å². The van der Waals surface area contributed by atoms with Gasteiger partial charge in [-0.05, 0) is 24.5 Å². The van der Waals surface area contributed by atoms with Crippen molar-refractivity contribution in [2.75, 3.05) is 7.11 Å². The van der Waals surface area contributed by atoms with E-state index in [2.05, 4.69) is 17.1 Å². The fourth-order valence-electron chi connectivity index (χ4n) is 3.51. The lowest BCUT2D eigenvalue weighted by atomic mass is 9.72. The molecule has 0 aliphatic heterocycles. The zero-order valence-electron chi connectivity index (χ0n) is 12.3. The van der Waals surface area contributed by atoms with Crippen molar-refractivity contribution in [3.8, 4) is 5.75 Å². The van der Waals surface area contributed by atoms with Crippen LogP contribution in [0.2, 0.25) is 0 Å². The minimum atomic E-state index is -0.551. The number of hydrogen-bond donors (Lipinski definition) is 1. The molecule has 1 unspecified atom stereocenters. The van der Waals surface area contributed by atoms with Crippen molar-refractivity contribution >= 4 is 0 Å². The minimum absolute atomic E-state index is 0.199. The molecule has 1 heterocycles. The summed E-state index contributed by atoms with van der Waals surface area (Å²) in [4.78, 5) is 4.19. The van der Waals surface area contributed by atoms with E-state index >= 15 is 0 Å². The van der Waals surface area contributed by atoms with Gasteiger partial charge in [-0.3, -0.25) is 4.98 Å². The number of rotatable bonds is 4. The molecule has 3 rings (SSSR count). The highest BCUT2D eigenvalue weighted by molar-refractivity contribution is 5.34. The second kappa shape index (κ2) is 5.86. The fourth-order valence-corrected chi connectivity index (χ4v) is 3.51. The number of aliphatic hydroxyl groups excluding tert-OH is 1. The van der Waals surface area contributed by atoms with E-state index in [9.17, 15) is 5.11 Å². The molecule has 0 radical (unpaired) electrons. The van der Waals surface area contributed by atoms with Gasteiger partial charge >= 0.3 is 0 Å². The summed E-state index contributed by atoms with van der Waals surface area (Å²) >= 11 is 0. The molecule has 2 aromatic rings. The Labute approximate surface area is 125 Å². The molecule has 3 heteroatoms. The Morgan fingerprint density at radius 2 is 1.86 bits per heavy atom. The van der Waals surface area contributed by atoms with Crippen molar-refractivity contribution in [2.24, 2.45) is 0 Å². The number of aromatic nitrogens is 1. The number of nitrogens with zero attached hydrogens (tertiary/aromatic N) is 1. The molecule has 0 amide bonds. The first-order valence-corrected chi connectivity index (χ1v) is 7.49. The summed E-state index contributed by atoms with van der Waals surface area (Å²) in [6.45, 7) is 0. The van der Waals surface area contributed by atoms with Gasteiger partial charge in [-0.2, -0.15) is 0 Å². The smallest absolute Gasteiger partial charge is 0.137 e. The SMILES string of the molecule is COc1cncc(C(O)C2(c3ccccc3)CCCC2)c1. The van der Waals surface area contributed by atoms with Gasteiger partial charge in [0.2, 0.25) is 0 Å². The Morgan fingerprint density at radius 1 is 1.14 bits per heavy atom. The first kappa shape index (κ1) is 14.1. The van der Waals surface area contributed by atoms with E-state index in [1.165, 1.54) is 5.56 Å². The van der Waals surface area contributed by atoms with Gasteiger partial charge < -0.3 is 9.84 Å². The third-order valence-corrected chi connectivity index (χ3v) is 4.65. The molecule has 1 aromatic heterocycles. The lowest BCUT2D eigenvalue weighted by molar-refractivity contribution is 0.0817. The van der Waals surface area contributed by atoms with Crippen molar-refractivity contribution in [3.63, 3.8) is 0 Å². The molecule has 1 atom stereocenters. The van der Waals surface area contributed by atoms with Crippen molar-refractivity contribution < 1.29 is 9.84 Å². The molecule has 110 valence electrons. The monoisotopic (exact) mass is 283 g/mol. The summed E-state index contributed by atoms with van der Waals surface area (Å²) < 4.78 is 5.23. The third kappa shape index (κ3) is 2.54. The molecular weight excluding hydrogens is 262 g/mol. The van der Waals surface area contributed by atoms with Gasteiger partial charge in [0.15, 0.2) is 0 Å². The van der Waals surface area contributed by atoms with E-state index < -0.39 is 6.10 Å². The summed E-state index contributed by atoms with van der Waals surface area (Å²) in [5, 5.41) is 11.0. The summed E-state index contributed by atoms with van der Waals surface area (Å²) in [7, 11) is 1.62. The largest absolute Gasteiger partial charge is 0.495 e. The highest BCUT2D eigenvalue weighted by Gasteiger charge is 2.42. The highest BCUT2D eigenvalue weighted by Crippen LogP contribution is 2.49. The minimum Gasteiger partial charge on any atom is -0.495 e. The highest BCUT2D eigenvalue weighted by atomic mass is 16.5. The maximum absolute atomic E-state index is 11.0. The summed E-state index contributed by atoms with van der Waals surface area (Å²) in [6.07, 6.45) is 7.19. The molecule has 0 saturated heterocycles. The van der Waals surface area contributed by atoms with E-state index in [1.807, 2.05) is 24.3 Å². The van der Waals surface area contributed by atoms with Crippen LogP contribution in [0.1, 0.15) is 42.9 Å². The quantitative estimate of drug-likeness (QED) is 0.931. The van der Waals surface area contributed by atoms with Gasteiger partial charge in [0.25, 0.3) is 0 Å². The lowest BCUT2D eigenvalue weighted by Crippen LogP contribution is -2.30. The van der Waals surface area contributed by atoms with Crippen LogP contribution in [0, 0.1) is 0 Å². The maximum Gasteiger partial charge on any atom is 0.137 e. The first-order chi connectivity index (χ1) is 10.3. The number of hydrogen-bond acceptors (Lipinski definition) is 3. The molecule has 0 spiro atoms. The second-order valence-corrected chi connectivity index (χ2v) is 5.79. The van der Waals surface area contributed by atoms with Crippen LogP contribution in [0.15, 0.2) is 48.8 Å². The van der Waals surface area contributed by atoms with E-state index in [4.69, 9.17) is 4.74 Å². The zero-order valence-corrected chi connectivity index (χ0v) is 12.3. The number of methoxy groups -OCH3 is 1. The van der Waals surface area contributed by atoms with Crippen LogP contribution >= 0.6 is 0 Å².